The molecule has 0 aliphatic carbocycles. The smallest absolute Gasteiger partial charge is 0.411 e. The Morgan fingerprint density at radius 3 is 2.70 bits per heavy atom. The van der Waals surface area contributed by atoms with Gasteiger partial charge in [-0.15, -0.1) is 0 Å². The molecule has 158 valence electrons. The number of nitrogens with one attached hydrogen (secondary N) is 1. The average Bonchev–Trinajstić information content (AvgIpc) is 3.04. The van der Waals surface area contributed by atoms with Gasteiger partial charge in [0.1, 0.15) is 5.75 Å². The number of benzene rings is 2. The highest BCUT2D eigenvalue weighted by atomic mass is 16.5. The number of anilines is 2. The van der Waals surface area contributed by atoms with Gasteiger partial charge < -0.3 is 14.4 Å². The number of rotatable bonds is 7. The molecule has 2 aromatic rings. The molecule has 1 aliphatic rings. The summed E-state index contributed by atoms with van der Waals surface area (Å²) in [6.07, 6.45) is 0.381. The van der Waals surface area contributed by atoms with E-state index in [9.17, 15) is 10.1 Å². The Labute approximate surface area is 178 Å². The minimum absolute atomic E-state index is 0.0808. The number of amides is 1. The molecule has 0 radical (unpaired) electrons. The molecule has 0 saturated heterocycles. The van der Waals surface area contributed by atoms with Crippen LogP contribution in [0.15, 0.2) is 42.5 Å². The Morgan fingerprint density at radius 1 is 1.23 bits per heavy atom. The third-order valence-corrected chi connectivity index (χ3v) is 5.06. The molecule has 0 bridgehead atoms. The zero-order valence-electron chi connectivity index (χ0n) is 18.0. The lowest BCUT2D eigenvalue weighted by atomic mass is 9.91. The maximum absolute atomic E-state index is 11.9. The lowest BCUT2D eigenvalue weighted by Gasteiger charge is -2.28. The summed E-state index contributed by atoms with van der Waals surface area (Å²) in [5.41, 5.74) is 3.65. The van der Waals surface area contributed by atoms with Gasteiger partial charge >= 0.3 is 6.09 Å². The van der Waals surface area contributed by atoms with Crippen LogP contribution in [0.4, 0.5) is 16.2 Å². The highest BCUT2D eigenvalue weighted by Gasteiger charge is 2.39. The van der Waals surface area contributed by atoms with Crippen molar-refractivity contribution in [3.63, 3.8) is 0 Å². The van der Waals surface area contributed by atoms with Crippen molar-refractivity contribution in [1.29, 1.82) is 5.26 Å². The molecule has 6 heteroatoms. The lowest BCUT2D eigenvalue weighted by molar-refractivity contribution is 0.161. The van der Waals surface area contributed by atoms with Crippen LogP contribution in [0.1, 0.15) is 57.2 Å². The maximum atomic E-state index is 11.9. The Kier molecular flexibility index (Phi) is 6.83. The highest BCUT2D eigenvalue weighted by Crippen LogP contribution is 2.49. The molecule has 1 heterocycles. The molecule has 3 rings (SSSR count). The van der Waals surface area contributed by atoms with Gasteiger partial charge in [-0.2, -0.15) is 5.26 Å². The van der Waals surface area contributed by atoms with Gasteiger partial charge in [0, 0.05) is 24.0 Å². The Bertz CT molecular complexity index is 936. The fourth-order valence-corrected chi connectivity index (χ4v) is 3.91. The second-order valence-corrected chi connectivity index (χ2v) is 7.61. The largest absolute Gasteiger partial charge is 0.491 e. The van der Waals surface area contributed by atoms with E-state index in [0.29, 0.717) is 12.3 Å². The Morgan fingerprint density at radius 2 is 2.03 bits per heavy atom. The first-order valence-corrected chi connectivity index (χ1v) is 10.5. The predicted molar refractivity (Wildman–Crippen MR) is 118 cm³/mol. The van der Waals surface area contributed by atoms with E-state index >= 15 is 0 Å². The van der Waals surface area contributed by atoms with Crippen LogP contribution in [-0.4, -0.2) is 25.3 Å². The first-order valence-electron chi connectivity index (χ1n) is 10.5. The van der Waals surface area contributed by atoms with Gasteiger partial charge in [0.05, 0.1) is 30.7 Å². The molecule has 6 nitrogen and oxygen atoms in total. The van der Waals surface area contributed by atoms with E-state index in [1.165, 1.54) is 0 Å². The molecule has 2 atom stereocenters. The second kappa shape index (κ2) is 9.53. The summed E-state index contributed by atoms with van der Waals surface area (Å²) >= 11 is 0. The van der Waals surface area contributed by atoms with Gasteiger partial charge in [0.15, 0.2) is 0 Å². The van der Waals surface area contributed by atoms with Crippen molar-refractivity contribution in [2.75, 3.05) is 23.4 Å². The van der Waals surface area contributed by atoms with Crippen molar-refractivity contribution >= 4 is 17.5 Å². The number of likely N-dealkylation sites (N-methyl/N-ethyl adjacent to an activating group) is 1. The standard InChI is InChI=1S/C24H29N3O3/c1-5-12-29-24(28)26-18-9-7-8-17(13-18)23-21(15-25)20-11-10-19(30-16(3)4)14-22(20)27(23)6-2/h7-11,13-14,16,21,23H,5-6,12H2,1-4H3,(H,26,28). The van der Waals surface area contributed by atoms with Crippen LogP contribution < -0.4 is 15.0 Å². The van der Waals surface area contributed by atoms with E-state index in [4.69, 9.17) is 9.47 Å². The number of hydrogen-bond donors (Lipinski definition) is 1. The molecular weight excluding hydrogens is 378 g/mol. The highest BCUT2D eigenvalue weighted by molar-refractivity contribution is 5.84. The molecular formula is C24H29N3O3. The summed E-state index contributed by atoms with van der Waals surface area (Å²) in [5.74, 6) is 0.490. The van der Waals surface area contributed by atoms with Gasteiger partial charge in [0.2, 0.25) is 0 Å². The van der Waals surface area contributed by atoms with E-state index in [2.05, 4.69) is 23.2 Å². The van der Waals surface area contributed by atoms with Gasteiger partial charge in [0.25, 0.3) is 0 Å². The van der Waals surface area contributed by atoms with Crippen LogP contribution in [-0.2, 0) is 4.74 Å². The first-order chi connectivity index (χ1) is 14.5. The molecule has 1 amide bonds. The molecule has 0 spiro atoms. The van der Waals surface area contributed by atoms with Crippen molar-refractivity contribution in [3.8, 4) is 11.8 Å². The number of hydrogen-bond acceptors (Lipinski definition) is 5. The van der Waals surface area contributed by atoms with E-state index in [1.54, 1.807) is 0 Å². The summed E-state index contributed by atoms with van der Waals surface area (Å²) in [4.78, 5) is 14.2. The van der Waals surface area contributed by atoms with E-state index < -0.39 is 6.09 Å². The van der Waals surface area contributed by atoms with Gasteiger partial charge in [-0.3, -0.25) is 5.32 Å². The fourth-order valence-electron chi connectivity index (χ4n) is 3.91. The lowest BCUT2D eigenvalue weighted by Crippen LogP contribution is -2.26. The monoisotopic (exact) mass is 407 g/mol. The van der Waals surface area contributed by atoms with E-state index in [-0.39, 0.29) is 18.1 Å². The van der Waals surface area contributed by atoms with Gasteiger partial charge in [-0.1, -0.05) is 25.1 Å². The van der Waals surface area contributed by atoms with E-state index in [1.807, 2.05) is 63.2 Å². The number of nitrogens with zero attached hydrogens (tertiary/aromatic N) is 2. The van der Waals surface area contributed by atoms with Crippen molar-refractivity contribution in [3.05, 3.63) is 53.6 Å². The number of nitriles is 1. The number of ether oxygens (including phenoxy) is 2. The quantitative estimate of drug-likeness (QED) is 0.645. The maximum Gasteiger partial charge on any atom is 0.411 e. The van der Waals surface area contributed by atoms with Crippen LogP contribution >= 0.6 is 0 Å². The first kappa shape index (κ1) is 21.5. The van der Waals surface area contributed by atoms with Crippen LogP contribution in [0, 0.1) is 11.3 Å². The van der Waals surface area contributed by atoms with Crippen LogP contribution in [0.25, 0.3) is 0 Å². The normalized spacial score (nSPS) is 17.4. The SMILES string of the molecule is CCCOC(=O)Nc1cccc(C2C(C#N)c3ccc(OC(C)C)cc3N2CC)c1. The summed E-state index contributed by atoms with van der Waals surface area (Å²) in [6, 6.07) is 15.9. The van der Waals surface area contributed by atoms with E-state index in [0.717, 1.165) is 35.5 Å². The third-order valence-electron chi connectivity index (χ3n) is 5.06. The van der Waals surface area contributed by atoms with Crippen molar-refractivity contribution in [1.82, 2.24) is 0 Å². The topological polar surface area (TPSA) is 74.6 Å². The van der Waals surface area contributed by atoms with Crippen molar-refractivity contribution < 1.29 is 14.3 Å². The van der Waals surface area contributed by atoms with Crippen molar-refractivity contribution in [2.45, 2.75) is 52.2 Å². The molecule has 0 aromatic heterocycles. The minimum Gasteiger partial charge on any atom is -0.491 e. The third kappa shape index (κ3) is 4.51. The predicted octanol–water partition coefficient (Wildman–Crippen LogP) is 5.62. The summed E-state index contributed by atoms with van der Waals surface area (Å²) in [7, 11) is 0. The zero-order chi connectivity index (χ0) is 21.7. The molecule has 1 N–H and O–H groups in total. The molecule has 2 aromatic carbocycles. The second-order valence-electron chi connectivity index (χ2n) is 7.61. The molecule has 1 aliphatic heterocycles. The summed E-state index contributed by atoms with van der Waals surface area (Å²) in [6.45, 7) is 9.15. The van der Waals surface area contributed by atoms with Crippen molar-refractivity contribution in [2.24, 2.45) is 0 Å². The van der Waals surface area contributed by atoms with Crippen LogP contribution in [0.3, 0.4) is 0 Å². The van der Waals surface area contributed by atoms with Gasteiger partial charge in [-0.25, -0.2) is 4.79 Å². The molecule has 30 heavy (non-hydrogen) atoms. The molecule has 0 saturated carbocycles. The minimum atomic E-state index is -0.469. The number of carbonyl (C=O) groups excluding carboxylic acids is 1. The summed E-state index contributed by atoms with van der Waals surface area (Å²) in [5, 5.41) is 12.8. The summed E-state index contributed by atoms with van der Waals surface area (Å²) < 4.78 is 11.0. The molecule has 0 fully saturated rings. The zero-order valence-corrected chi connectivity index (χ0v) is 18.0. The van der Waals surface area contributed by atoms with Crippen LogP contribution in [0.5, 0.6) is 5.75 Å². The Hall–Kier alpha value is -3.20. The fraction of sp³-hybridized carbons (Fsp3) is 0.417. The molecule has 2 unspecified atom stereocenters. The average molecular weight is 408 g/mol. The van der Waals surface area contributed by atoms with Gasteiger partial charge in [-0.05, 0) is 56.5 Å². The number of carbonyl (C=O) groups is 1. The Balaban J connectivity index is 1.92. The van der Waals surface area contributed by atoms with Crippen LogP contribution in [0.2, 0.25) is 0 Å². The number of fused-ring (bicyclic) bond motifs is 1.